The van der Waals surface area contributed by atoms with Crippen molar-refractivity contribution in [3.05, 3.63) is 72.3 Å². The molecule has 0 aliphatic rings. The molecule has 0 bridgehead atoms. The van der Waals surface area contributed by atoms with E-state index in [9.17, 15) is 0 Å². The van der Waals surface area contributed by atoms with Crippen molar-refractivity contribution < 1.29 is 0 Å². The van der Waals surface area contributed by atoms with Crippen LogP contribution in [0.5, 0.6) is 0 Å². The SMILES string of the molecule is CC(C)c1ccc(-c2cccc3c(N)c4ccccc4c(N)c23)cc1. The Morgan fingerprint density at radius 3 is 1.88 bits per heavy atom. The van der Waals surface area contributed by atoms with E-state index in [1.165, 1.54) is 5.56 Å². The van der Waals surface area contributed by atoms with E-state index >= 15 is 0 Å². The lowest BCUT2D eigenvalue weighted by Crippen LogP contribution is -1.97. The molecule has 4 aromatic carbocycles. The van der Waals surface area contributed by atoms with Crippen LogP contribution < -0.4 is 11.5 Å². The van der Waals surface area contributed by atoms with Gasteiger partial charge in [-0.05, 0) is 22.6 Å². The molecule has 0 saturated heterocycles. The molecule has 2 nitrogen and oxygen atoms in total. The van der Waals surface area contributed by atoms with E-state index in [0.717, 1.165) is 44.0 Å². The lowest BCUT2D eigenvalue weighted by Gasteiger charge is -2.15. The van der Waals surface area contributed by atoms with Crippen LogP contribution in [0.25, 0.3) is 32.7 Å². The van der Waals surface area contributed by atoms with E-state index < -0.39 is 0 Å². The van der Waals surface area contributed by atoms with Gasteiger partial charge in [0.2, 0.25) is 0 Å². The number of nitrogen functional groups attached to an aromatic ring is 2. The van der Waals surface area contributed by atoms with Crippen LogP contribution in [-0.4, -0.2) is 0 Å². The molecule has 4 N–H and O–H groups in total. The molecule has 0 aliphatic heterocycles. The van der Waals surface area contributed by atoms with Crippen LogP contribution in [0, 0.1) is 0 Å². The number of benzene rings is 4. The molecular weight excluding hydrogens is 304 g/mol. The summed E-state index contributed by atoms with van der Waals surface area (Å²) in [5, 5.41) is 4.08. The molecule has 0 spiro atoms. The van der Waals surface area contributed by atoms with Gasteiger partial charge in [0.15, 0.2) is 0 Å². The first-order valence-electron chi connectivity index (χ1n) is 8.66. The average Bonchev–Trinajstić information content (AvgIpc) is 2.65. The Morgan fingerprint density at radius 2 is 1.24 bits per heavy atom. The van der Waals surface area contributed by atoms with Crippen LogP contribution in [0.2, 0.25) is 0 Å². The van der Waals surface area contributed by atoms with Crippen LogP contribution in [0.3, 0.4) is 0 Å². The highest BCUT2D eigenvalue weighted by Crippen LogP contribution is 2.41. The number of rotatable bonds is 2. The third kappa shape index (κ3) is 2.42. The second-order valence-corrected chi connectivity index (χ2v) is 6.88. The third-order valence-corrected chi connectivity index (χ3v) is 5.02. The summed E-state index contributed by atoms with van der Waals surface area (Å²) in [4.78, 5) is 0. The van der Waals surface area contributed by atoms with Crippen molar-refractivity contribution in [2.24, 2.45) is 0 Å². The monoisotopic (exact) mass is 326 g/mol. The lowest BCUT2D eigenvalue weighted by molar-refractivity contribution is 0.867. The van der Waals surface area contributed by atoms with E-state index in [-0.39, 0.29) is 0 Å². The average molecular weight is 326 g/mol. The molecule has 0 aromatic heterocycles. The minimum Gasteiger partial charge on any atom is -0.398 e. The molecule has 25 heavy (non-hydrogen) atoms. The smallest absolute Gasteiger partial charge is 0.0481 e. The van der Waals surface area contributed by atoms with Crippen molar-refractivity contribution in [2.45, 2.75) is 19.8 Å². The van der Waals surface area contributed by atoms with Crippen LogP contribution >= 0.6 is 0 Å². The van der Waals surface area contributed by atoms with Crippen LogP contribution in [-0.2, 0) is 0 Å². The zero-order valence-electron chi connectivity index (χ0n) is 14.6. The highest BCUT2D eigenvalue weighted by molar-refractivity contribution is 6.22. The van der Waals surface area contributed by atoms with Crippen molar-refractivity contribution in [3.63, 3.8) is 0 Å². The topological polar surface area (TPSA) is 52.0 Å². The Bertz CT molecular complexity index is 1080. The number of nitrogens with two attached hydrogens (primary N) is 2. The van der Waals surface area contributed by atoms with Crippen LogP contribution in [0.1, 0.15) is 25.3 Å². The predicted octanol–water partition coefficient (Wildman–Crippen LogP) is 5.95. The molecule has 0 amide bonds. The molecule has 0 unspecified atom stereocenters. The molecule has 4 aromatic rings. The fraction of sp³-hybridized carbons (Fsp3) is 0.130. The molecule has 0 fully saturated rings. The van der Waals surface area contributed by atoms with Gasteiger partial charge in [-0.1, -0.05) is 80.6 Å². The largest absolute Gasteiger partial charge is 0.398 e. The summed E-state index contributed by atoms with van der Waals surface area (Å²) in [5.41, 5.74) is 18.3. The Kier molecular flexibility index (Phi) is 3.61. The van der Waals surface area contributed by atoms with Gasteiger partial charge in [0.05, 0.1) is 0 Å². The van der Waals surface area contributed by atoms with Gasteiger partial charge in [0.1, 0.15) is 0 Å². The van der Waals surface area contributed by atoms with Crippen molar-refractivity contribution in [1.29, 1.82) is 0 Å². The minimum atomic E-state index is 0.520. The number of fused-ring (bicyclic) bond motifs is 2. The molecule has 0 atom stereocenters. The summed E-state index contributed by atoms with van der Waals surface area (Å²) in [7, 11) is 0. The summed E-state index contributed by atoms with van der Waals surface area (Å²) in [6.07, 6.45) is 0. The van der Waals surface area contributed by atoms with Crippen molar-refractivity contribution in [2.75, 3.05) is 11.5 Å². The first-order valence-corrected chi connectivity index (χ1v) is 8.66. The first kappa shape index (κ1) is 15.5. The summed E-state index contributed by atoms with van der Waals surface area (Å²) >= 11 is 0. The van der Waals surface area contributed by atoms with Gasteiger partial charge in [-0.25, -0.2) is 0 Å². The van der Waals surface area contributed by atoms with Gasteiger partial charge in [-0.2, -0.15) is 0 Å². The van der Waals surface area contributed by atoms with Crippen molar-refractivity contribution in [3.8, 4) is 11.1 Å². The fourth-order valence-corrected chi connectivity index (χ4v) is 3.59. The molecule has 2 heteroatoms. The molecule has 0 heterocycles. The van der Waals surface area contributed by atoms with E-state index in [4.69, 9.17) is 11.5 Å². The number of hydrogen-bond donors (Lipinski definition) is 2. The van der Waals surface area contributed by atoms with Crippen LogP contribution in [0.15, 0.2) is 66.7 Å². The Balaban J connectivity index is 2.05. The predicted molar refractivity (Wildman–Crippen MR) is 110 cm³/mol. The number of anilines is 2. The zero-order chi connectivity index (χ0) is 17.6. The van der Waals surface area contributed by atoms with Crippen molar-refractivity contribution >= 4 is 32.9 Å². The molecule has 4 rings (SSSR count). The molecule has 0 radical (unpaired) electrons. The number of hydrogen-bond acceptors (Lipinski definition) is 2. The summed E-state index contributed by atoms with van der Waals surface area (Å²) in [5.74, 6) is 0.520. The van der Waals surface area contributed by atoms with E-state index in [0.29, 0.717) is 5.92 Å². The third-order valence-electron chi connectivity index (χ3n) is 5.02. The van der Waals surface area contributed by atoms with Gasteiger partial charge in [-0.3, -0.25) is 0 Å². The first-order chi connectivity index (χ1) is 12.1. The normalized spacial score (nSPS) is 11.5. The fourth-order valence-electron chi connectivity index (χ4n) is 3.59. The standard InChI is InChI=1S/C23H22N2/c1-14(2)15-10-12-16(13-11-15)17-8-5-9-20-21(17)23(25)19-7-4-3-6-18(19)22(20)24/h3-14H,24-25H2,1-2H3. The molecule has 124 valence electrons. The van der Waals surface area contributed by atoms with E-state index in [2.05, 4.69) is 56.3 Å². The van der Waals surface area contributed by atoms with Gasteiger partial charge in [-0.15, -0.1) is 0 Å². The molecular formula is C23H22N2. The van der Waals surface area contributed by atoms with Gasteiger partial charge < -0.3 is 11.5 Å². The maximum absolute atomic E-state index is 6.58. The summed E-state index contributed by atoms with van der Waals surface area (Å²) < 4.78 is 0. The highest BCUT2D eigenvalue weighted by Gasteiger charge is 2.14. The summed E-state index contributed by atoms with van der Waals surface area (Å²) in [6, 6.07) is 23.0. The summed E-state index contributed by atoms with van der Waals surface area (Å²) in [6.45, 7) is 4.41. The Morgan fingerprint density at radius 1 is 0.640 bits per heavy atom. The molecule has 0 aliphatic carbocycles. The maximum Gasteiger partial charge on any atom is 0.0481 e. The molecule has 0 saturated carbocycles. The highest BCUT2D eigenvalue weighted by atomic mass is 14.6. The zero-order valence-corrected chi connectivity index (χ0v) is 14.6. The lowest BCUT2D eigenvalue weighted by atomic mass is 9.91. The second kappa shape index (κ2) is 5.82. The van der Waals surface area contributed by atoms with Gasteiger partial charge in [0, 0.05) is 32.9 Å². The minimum absolute atomic E-state index is 0.520. The Labute approximate surface area is 148 Å². The second-order valence-electron chi connectivity index (χ2n) is 6.88. The van der Waals surface area contributed by atoms with E-state index in [1.54, 1.807) is 0 Å². The van der Waals surface area contributed by atoms with E-state index in [1.807, 2.05) is 24.3 Å². The maximum atomic E-state index is 6.58. The van der Waals surface area contributed by atoms with Crippen LogP contribution in [0.4, 0.5) is 11.4 Å². The van der Waals surface area contributed by atoms with Gasteiger partial charge in [0.25, 0.3) is 0 Å². The quantitative estimate of drug-likeness (QED) is 0.272. The van der Waals surface area contributed by atoms with Gasteiger partial charge >= 0.3 is 0 Å². The van der Waals surface area contributed by atoms with Crippen molar-refractivity contribution in [1.82, 2.24) is 0 Å². The Hall–Kier alpha value is -3.00.